The second-order valence-electron chi connectivity index (χ2n) is 7.83. The minimum absolute atomic E-state index is 0.135. The number of hydrogen-bond donors (Lipinski definition) is 0. The number of piperazine rings is 1. The smallest absolute Gasteiger partial charge is 0.406 e. The van der Waals surface area contributed by atoms with Gasteiger partial charge in [-0.05, 0) is 38.5 Å². The van der Waals surface area contributed by atoms with E-state index in [0.717, 1.165) is 0 Å². The van der Waals surface area contributed by atoms with Crippen molar-refractivity contribution in [3.05, 3.63) is 47.9 Å². The monoisotopic (exact) mass is 433 g/mol. The molecule has 1 aromatic carbocycles. The summed E-state index contributed by atoms with van der Waals surface area (Å²) in [6, 6.07) is 7.22. The number of anilines is 1. The summed E-state index contributed by atoms with van der Waals surface area (Å²) < 4.78 is 41.0. The quantitative estimate of drug-likeness (QED) is 0.736. The van der Waals surface area contributed by atoms with Gasteiger partial charge >= 0.3 is 6.36 Å². The zero-order chi connectivity index (χ0) is 22.8. The first-order valence-electron chi connectivity index (χ1n) is 9.66. The summed E-state index contributed by atoms with van der Waals surface area (Å²) in [5.41, 5.74) is -0.129. The number of aromatic nitrogens is 2. The molecule has 0 bridgehead atoms. The molecule has 1 amide bonds. The highest BCUT2D eigenvalue weighted by Gasteiger charge is 2.38. The molecule has 1 atom stereocenters. The second kappa shape index (κ2) is 8.41. The van der Waals surface area contributed by atoms with Gasteiger partial charge in [0, 0.05) is 38.1 Å². The third-order valence-corrected chi connectivity index (χ3v) is 5.32. The Morgan fingerprint density at radius 2 is 1.81 bits per heavy atom. The number of carbonyl (C=O) groups is 1. The van der Waals surface area contributed by atoms with E-state index in [1.165, 1.54) is 36.7 Å². The van der Waals surface area contributed by atoms with E-state index in [1.807, 2.05) is 17.9 Å². The highest BCUT2D eigenvalue weighted by atomic mass is 19.4. The average Bonchev–Trinajstić information content (AvgIpc) is 2.72. The SMILES string of the molecule is CC1CN(c2nccnc2C#N)CCN1C(=O)C(C)(C)c1ccc(OC(F)(F)F)cc1. The van der Waals surface area contributed by atoms with Crippen molar-refractivity contribution in [1.82, 2.24) is 14.9 Å². The number of amides is 1. The Hall–Kier alpha value is -3.35. The Morgan fingerprint density at radius 3 is 2.39 bits per heavy atom. The van der Waals surface area contributed by atoms with Crippen LogP contribution in [0.5, 0.6) is 5.75 Å². The van der Waals surface area contributed by atoms with Gasteiger partial charge in [-0.2, -0.15) is 5.26 Å². The lowest BCUT2D eigenvalue weighted by atomic mass is 9.82. The highest BCUT2D eigenvalue weighted by molar-refractivity contribution is 5.88. The minimum Gasteiger partial charge on any atom is -0.406 e. The third-order valence-electron chi connectivity index (χ3n) is 5.32. The van der Waals surface area contributed by atoms with Gasteiger partial charge in [-0.25, -0.2) is 9.97 Å². The standard InChI is InChI=1S/C21H22F3N5O2/c1-14-13-28(18-17(12-25)26-8-9-27-18)10-11-29(14)19(30)20(2,3)15-4-6-16(7-5-15)31-21(22,23)24/h4-9,14H,10-11,13H2,1-3H3. The summed E-state index contributed by atoms with van der Waals surface area (Å²) in [5.74, 6) is 0.0194. The van der Waals surface area contributed by atoms with Crippen LogP contribution >= 0.6 is 0 Å². The van der Waals surface area contributed by atoms with E-state index in [9.17, 15) is 23.2 Å². The summed E-state index contributed by atoms with van der Waals surface area (Å²) >= 11 is 0. The fourth-order valence-electron chi connectivity index (χ4n) is 3.65. The van der Waals surface area contributed by atoms with Gasteiger partial charge < -0.3 is 14.5 Å². The van der Waals surface area contributed by atoms with Crippen molar-refractivity contribution in [3.8, 4) is 11.8 Å². The fraction of sp³-hybridized carbons (Fsp3) is 0.429. The molecule has 0 saturated carbocycles. The van der Waals surface area contributed by atoms with Crippen LogP contribution in [0.3, 0.4) is 0 Å². The lowest BCUT2D eigenvalue weighted by molar-refractivity contribution is -0.274. The number of halogens is 3. The van der Waals surface area contributed by atoms with Crippen LogP contribution in [-0.4, -0.2) is 52.8 Å². The Bertz CT molecular complexity index is 986. The molecule has 0 aliphatic carbocycles. The topological polar surface area (TPSA) is 82.4 Å². The van der Waals surface area contributed by atoms with Crippen LogP contribution in [0, 0.1) is 11.3 Å². The highest BCUT2D eigenvalue weighted by Crippen LogP contribution is 2.31. The molecule has 2 heterocycles. The minimum atomic E-state index is -4.77. The third kappa shape index (κ3) is 4.87. The molecule has 3 rings (SSSR count). The van der Waals surface area contributed by atoms with Gasteiger partial charge in [0.15, 0.2) is 11.5 Å². The van der Waals surface area contributed by atoms with Crippen LogP contribution in [0.4, 0.5) is 19.0 Å². The zero-order valence-electron chi connectivity index (χ0n) is 17.3. The summed E-state index contributed by atoms with van der Waals surface area (Å²) in [7, 11) is 0. The molecule has 1 saturated heterocycles. The number of benzene rings is 1. The normalized spacial score (nSPS) is 17.3. The van der Waals surface area contributed by atoms with Crippen LogP contribution in [0.1, 0.15) is 32.0 Å². The molecule has 0 spiro atoms. The van der Waals surface area contributed by atoms with Crippen molar-refractivity contribution >= 4 is 11.7 Å². The first-order chi connectivity index (χ1) is 14.5. The molecule has 2 aromatic rings. The number of alkyl halides is 3. The van der Waals surface area contributed by atoms with E-state index in [1.54, 1.807) is 18.7 Å². The number of nitrogens with zero attached hydrogens (tertiary/aromatic N) is 5. The molecule has 0 N–H and O–H groups in total. The lowest BCUT2D eigenvalue weighted by Crippen LogP contribution is -2.58. The Balaban J connectivity index is 1.73. The van der Waals surface area contributed by atoms with E-state index in [2.05, 4.69) is 14.7 Å². The van der Waals surface area contributed by atoms with Gasteiger partial charge in [0.05, 0.1) is 5.41 Å². The molecule has 1 aliphatic heterocycles. The number of rotatable bonds is 4. The van der Waals surface area contributed by atoms with Crippen molar-refractivity contribution in [2.75, 3.05) is 24.5 Å². The average molecular weight is 433 g/mol. The van der Waals surface area contributed by atoms with Gasteiger partial charge in [-0.15, -0.1) is 13.2 Å². The molecule has 10 heteroatoms. The number of carbonyl (C=O) groups excluding carboxylic acids is 1. The van der Waals surface area contributed by atoms with Crippen molar-refractivity contribution in [2.24, 2.45) is 0 Å². The molecule has 1 aromatic heterocycles. The Morgan fingerprint density at radius 1 is 1.16 bits per heavy atom. The summed E-state index contributed by atoms with van der Waals surface area (Å²) in [6.45, 7) is 6.77. The van der Waals surface area contributed by atoms with Crippen molar-refractivity contribution in [1.29, 1.82) is 5.26 Å². The maximum Gasteiger partial charge on any atom is 0.573 e. The van der Waals surface area contributed by atoms with Crippen molar-refractivity contribution < 1.29 is 22.7 Å². The van der Waals surface area contributed by atoms with Gasteiger partial charge in [-0.1, -0.05) is 12.1 Å². The number of hydrogen-bond acceptors (Lipinski definition) is 6. The largest absolute Gasteiger partial charge is 0.573 e. The zero-order valence-corrected chi connectivity index (χ0v) is 17.3. The molecule has 1 aliphatic rings. The predicted octanol–water partition coefficient (Wildman–Crippen LogP) is 3.26. The Kier molecular flexibility index (Phi) is 6.06. The molecule has 1 fully saturated rings. The Labute approximate surface area is 178 Å². The van der Waals surface area contributed by atoms with Gasteiger partial charge in [0.1, 0.15) is 11.8 Å². The molecular formula is C21H22F3N5O2. The summed E-state index contributed by atoms with van der Waals surface area (Å²) in [6.07, 6.45) is -1.79. The molecule has 164 valence electrons. The maximum atomic E-state index is 13.3. The molecular weight excluding hydrogens is 411 g/mol. The molecule has 31 heavy (non-hydrogen) atoms. The molecule has 0 radical (unpaired) electrons. The summed E-state index contributed by atoms with van der Waals surface area (Å²) in [4.78, 5) is 25.3. The first kappa shape index (κ1) is 22.3. The van der Waals surface area contributed by atoms with Crippen LogP contribution in [-0.2, 0) is 10.2 Å². The van der Waals surface area contributed by atoms with E-state index in [4.69, 9.17) is 0 Å². The summed E-state index contributed by atoms with van der Waals surface area (Å²) in [5, 5.41) is 9.25. The van der Waals surface area contributed by atoms with E-state index < -0.39 is 11.8 Å². The van der Waals surface area contributed by atoms with Gasteiger partial charge in [-0.3, -0.25) is 4.79 Å². The van der Waals surface area contributed by atoms with Crippen LogP contribution in [0.15, 0.2) is 36.7 Å². The van der Waals surface area contributed by atoms with Crippen molar-refractivity contribution in [3.63, 3.8) is 0 Å². The molecule has 1 unspecified atom stereocenters. The van der Waals surface area contributed by atoms with E-state index in [-0.39, 0.29) is 23.4 Å². The van der Waals surface area contributed by atoms with Crippen LogP contribution in [0.25, 0.3) is 0 Å². The fourth-order valence-corrected chi connectivity index (χ4v) is 3.65. The second-order valence-corrected chi connectivity index (χ2v) is 7.83. The number of nitriles is 1. The lowest BCUT2D eigenvalue weighted by Gasteiger charge is -2.43. The first-order valence-corrected chi connectivity index (χ1v) is 9.66. The van der Waals surface area contributed by atoms with E-state index in [0.29, 0.717) is 31.0 Å². The van der Waals surface area contributed by atoms with Crippen LogP contribution < -0.4 is 9.64 Å². The number of ether oxygens (including phenoxy) is 1. The van der Waals surface area contributed by atoms with Crippen LogP contribution in [0.2, 0.25) is 0 Å². The van der Waals surface area contributed by atoms with Crippen molar-refractivity contribution in [2.45, 2.75) is 38.6 Å². The van der Waals surface area contributed by atoms with Gasteiger partial charge in [0.25, 0.3) is 0 Å². The van der Waals surface area contributed by atoms with E-state index >= 15 is 0 Å². The maximum absolute atomic E-state index is 13.3. The van der Waals surface area contributed by atoms with Gasteiger partial charge in [0.2, 0.25) is 5.91 Å². The molecule has 7 nitrogen and oxygen atoms in total. The predicted molar refractivity (Wildman–Crippen MR) is 106 cm³/mol.